The molecule has 2 heterocycles. The molecule has 0 unspecified atom stereocenters. The normalized spacial score (nSPS) is 10.4. The Balaban J connectivity index is 2.48. The number of nitrogens with one attached hydrogen (secondary N) is 1. The van der Waals surface area contributed by atoms with Crippen molar-refractivity contribution in [2.75, 3.05) is 11.9 Å². The number of anilines is 1. The third-order valence-corrected chi connectivity index (χ3v) is 2.75. The minimum atomic E-state index is -0.401. The molecule has 0 fully saturated rings. The fourth-order valence-corrected chi connectivity index (χ4v) is 1.84. The predicted molar refractivity (Wildman–Crippen MR) is 62.0 cm³/mol. The first kappa shape index (κ1) is 10.9. The van der Waals surface area contributed by atoms with Gasteiger partial charge in [-0.15, -0.1) is 11.3 Å². The number of halogens is 1. The van der Waals surface area contributed by atoms with Crippen LogP contribution in [-0.2, 0) is 0 Å². The molecule has 0 amide bonds. The van der Waals surface area contributed by atoms with Gasteiger partial charge >= 0.3 is 0 Å². The van der Waals surface area contributed by atoms with Gasteiger partial charge in [-0.3, -0.25) is 0 Å². The van der Waals surface area contributed by atoms with Crippen LogP contribution in [0, 0.1) is 12.7 Å². The highest BCUT2D eigenvalue weighted by Gasteiger charge is 2.13. The van der Waals surface area contributed by atoms with Gasteiger partial charge in [-0.05, 0) is 13.8 Å². The van der Waals surface area contributed by atoms with Crippen LogP contribution in [0.15, 0.2) is 11.6 Å². The third-order valence-electron chi connectivity index (χ3n) is 1.98. The first-order chi connectivity index (χ1) is 7.72. The Labute approximate surface area is 96.6 Å². The Morgan fingerprint density at radius 2 is 2.25 bits per heavy atom. The zero-order chi connectivity index (χ0) is 11.5. The average molecular weight is 238 g/mol. The summed E-state index contributed by atoms with van der Waals surface area (Å²) in [4.78, 5) is 12.3. The standard InChI is InChI=1S/C10H11FN4S/c1-3-12-8-7(11)6(2)14-9(15-8)10-13-4-5-16-10/h4-5H,3H2,1-2H3,(H,12,14,15). The van der Waals surface area contributed by atoms with E-state index >= 15 is 0 Å². The van der Waals surface area contributed by atoms with Crippen molar-refractivity contribution < 1.29 is 4.39 Å². The van der Waals surface area contributed by atoms with E-state index < -0.39 is 5.82 Å². The Kier molecular flexibility index (Phi) is 3.09. The van der Waals surface area contributed by atoms with Gasteiger partial charge in [0.15, 0.2) is 22.5 Å². The molecule has 2 aromatic rings. The number of aromatic nitrogens is 3. The van der Waals surface area contributed by atoms with Crippen LogP contribution in [0.25, 0.3) is 10.8 Å². The summed E-state index contributed by atoms with van der Waals surface area (Å²) in [5, 5.41) is 5.40. The van der Waals surface area contributed by atoms with Gasteiger partial charge in [0.05, 0.1) is 5.69 Å². The van der Waals surface area contributed by atoms with Crippen molar-refractivity contribution in [3.63, 3.8) is 0 Å². The first-order valence-corrected chi connectivity index (χ1v) is 5.78. The van der Waals surface area contributed by atoms with Gasteiger partial charge in [0.1, 0.15) is 0 Å². The van der Waals surface area contributed by atoms with Crippen LogP contribution in [0.2, 0.25) is 0 Å². The Morgan fingerprint density at radius 3 is 2.88 bits per heavy atom. The fourth-order valence-electron chi connectivity index (χ4n) is 1.27. The van der Waals surface area contributed by atoms with Crippen molar-refractivity contribution in [3.8, 4) is 10.8 Å². The van der Waals surface area contributed by atoms with E-state index in [4.69, 9.17) is 0 Å². The molecule has 0 aliphatic carbocycles. The van der Waals surface area contributed by atoms with Gasteiger partial charge in [0, 0.05) is 18.1 Å². The van der Waals surface area contributed by atoms with E-state index in [0.717, 1.165) is 0 Å². The molecule has 16 heavy (non-hydrogen) atoms. The molecular weight excluding hydrogens is 227 g/mol. The largest absolute Gasteiger partial charge is 0.368 e. The van der Waals surface area contributed by atoms with Gasteiger partial charge in [-0.1, -0.05) is 0 Å². The van der Waals surface area contributed by atoms with Crippen LogP contribution in [0.1, 0.15) is 12.6 Å². The highest BCUT2D eigenvalue weighted by molar-refractivity contribution is 7.13. The van der Waals surface area contributed by atoms with E-state index in [1.807, 2.05) is 12.3 Å². The minimum Gasteiger partial charge on any atom is -0.368 e. The lowest BCUT2D eigenvalue weighted by Gasteiger charge is -2.07. The average Bonchev–Trinajstić information content (AvgIpc) is 2.78. The summed E-state index contributed by atoms with van der Waals surface area (Å²) in [6, 6.07) is 0. The number of hydrogen-bond acceptors (Lipinski definition) is 5. The van der Waals surface area contributed by atoms with Crippen LogP contribution in [0.3, 0.4) is 0 Å². The fraction of sp³-hybridized carbons (Fsp3) is 0.300. The molecule has 0 aromatic carbocycles. The van der Waals surface area contributed by atoms with Crippen LogP contribution in [0.5, 0.6) is 0 Å². The third kappa shape index (κ3) is 2.01. The highest BCUT2D eigenvalue weighted by atomic mass is 32.1. The van der Waals surface area contributed by atoms with Crippen molar-refractivity contribution in [1.29, 1.82) is 0 Å². The van der Waals surface area contributed by atoms with Crippen molar-refractivity contribution in [3.05, 3.63) is 23.1 Å². The first-order valence-electron chi connectivity index (χ1n) is 4.90. The summed E-state index contributed by atoms with van der Waals surface area (Å²) < 4.78 is 13.6. The predicted octanol–water partition coefficient (Wildman–Crippen LogP) is 2.48. The zero-order valence-electron chi connectivity index (χ0n) is 8.99. The van der Waals surface area contributed by atoms with Crippen LogP contribution in [-0.4, -0.2) is 21.5 Å². The summed E-state index contributed by atoms with van der Waals surface area (Å²) in [7, 11) is 0. The Morgan fingerprint density at radius 1 is 1.44 bits per heavy atom. The molecule has 0 aliphatic heterocycles. The van der Waals surface area contributed by atoms with Crippen LogP contribution >= 0.6 is 11.3 Å². The lowest BCUT2D eigenvalue weighted by Crippen LogP contribution is -2.06. The van der Waals surface area contributed by atoms with Crippen LogP contribution in [0.4, 0.5) is 10.2 Å². The van der Waals surface area contributed by atoms with E-state index in [1.54, 1.807) is 13.1 Å². The van der Waals surface area contributed by atoms with Crippen LogP contribution < -0.4 is 5.32 Å². The second-order valence-corrected chi connectivity index (χ2v) is 4.06. The quantitative estimate of drug-likeness (QED) is 0.892. The molecule has 0 saturated carbocycles. The van der Waals surface area contributed by atoms with E-state index in [0.29, 0.717) is 23.1 Å². The molecular formula is C10H11FN4S. The Hall–Kier alpha value is -1.56. The lowest BCUT2D eigenvalue weighted by atomic mass is 10.4. The molecule has 4 nitrogen and oxygen atoms in total. The number of rotatable bonds is 3. The maximum Gasteiger partial charge on any atom is 0.191 e. The summed E-state index contributed by atoms with van der Waals surface area (Å²) in [6.45, 7) is 4.12. The second kappa shape index (κ2) is 4.52. The van der Waals surface area contributed by atoms with Gasteiger partial charge in [0.25, 0.3) is 0 Å². The molecule has 0 spiro atoms. The lowest BCUT2D eigenvalue weighted by molar-refractivity contribution is 0.606. The highest BCUT2D eigenvalue weighted by Crippen LogP contribution is 2.22. The van der Waals surface area contributed by atoms with Gasteiger partial charge in [-0.2, -0.15) is 0 Å². The summed E-state index contributed by atoms with van der Waals surface area (Å²) in [6.07, 6.45) is 1.68. The Bertz CT molecular complexity index is 484. The SMILES string of the molecule is CCNc1nc(-c2nccs2)nc(C)c1F. The summed E-state index contributed by atoms with van der Waals surface area (Å²) >= 11 is 1.43. The number of thiazole rings is 1. The second-order valence-electron chi connectivity index (χ2n) is 3.16. The smallest absolute Gasteiger partial charge is 0.191 e. The molecule has 0 aliphatic rings. The van der Waals surface area contributed by atoms with Crippen molar-refractivity contribution in [2.24, 2.45) is 0 Å². The number of nitrogens with zero attached hydrogens (tertiary/aromatic N) is 3. The molecule has 0 saturated heterocycles. The number of hydrogen-bond donors (Lipinski definition) is 1. The summed E-state index contributed by atoms with van der Waals surface area (Å²) in [5.41, 5.74) is 0.330. The molecule has 2 rings (SSSR count). The van der Waals surface area contributed by atoms with Gasteiger partial charge in [0.2, 0.25) is 0 Å². The monoisotopic (exact) mass is 238 g/mol. The minimum absolute atomic E-state index is 0.236. The molecule has 2 aromatic heterocycles. The molecule has 0 bridgehead atoms. The van der Waals surface area contributed by atoms with Gasteiger partial charge in [-0.25, -0.2) is 19.3 Å². The molecule has 6 heteroatoms. The maximum atomic E-state index is 13.6. The van der Waals surface area contributed by atoms with E-state index in [1.165, 1.54) is 11.3 Å². The molecule has 84 valence electrons. The molecule has 0 atom stereocenters. The number of aryl methyl sites for hydroxylation is 1. The zero-order valence-corrected chi connectivity index (χ0v) is 9.81. The maximum absolute atomic E-state index is 13.6. The van der Waals surface area contributed by atoms with Gasteiger partial charge < -0.3 is 5.32 Å². The topological polar surface area (TPSA) is 50.7 Å². The van der Waals surface area contributed by atoms with E-state index in [9.17, 15) is 4.39 Å². The van der Waals surface area contributed by atoms with Crippen molar-refractivity contribution >= 4 is 17.2 Å². The van der Waals surface area contributed by atoms with Crippen molar-refractivity contribution in [2.45, 2.75) is 13.8 Å². The van der Waals surface area contributed by atoms with E-state index in [-0.39, 0.29) is 5.82 Å². The van der Waals surface area contributed by atoms with E-state index in [2.05, 4.69) is 20.3 Å². The summed E-state index contributed by atoms with van der Waals surface area (Å²) in [5.74, 6) is 0.298. The van der Waals surface area contributed by atoms with Crippen molar-refractivity contribution in [1.82, 2.24) is 15.0 Å². The molecule has 0 radical (unpaired) electrons. The molecule has 1 N–H and O–H groups in total.